The molecule has 0 saturated carbocycles. The fourth-order valence-electron chi connectivity index (χ4n) is 1.97. The zero-order valence-electron chi connectivity index (χ0n) is 13.6. The van der Waals surface area contributed by atoms with Crippen LogP contribution in [-0.4, -0.2) is 23.1 Å². The predicted molar refractivity (Wildman–Crippen MR) is 104 cm³/mol. The first-order valence-corrected chi connectivity index (χ1v) is 8.05. The lowest BCUT2D eigenvalue weighted by molar-refractivity contribution is -0.385. The van der Waals surface area contributed by atoms with E-state index in [-0.39, 0.29) is 16.5 Å². The summed E-state index contributed by atoms with van der Waals surface area (Å²) in [5.74, 6) is -0.318. The number of nitro groups is 1. The molecule has 0 saturated heterocycles. The van der Waals surface area contributed by atoms with E-state index in [2.05, 4.69) is 10.6 Å². The van der Waals surface area contributed by atoms with Crippen LogP contribution in [0.2, 0.25) is 5.02 Å². The van der Waals surface area contributed by atoms with Crippen LogP contribution in [0.4, 0.5) is 11.4 Å². The quantitative estimate of drug-likeness (QED) is 0.348. The highest BCUT2D eigenvalue weighted by atomic mass is 35.5. The van der Waals surface area contributed by atoms with Crippen molar-refractivity contribution in [1.82, 2.24) is 5.32 Å². The molecule has 134 valence electrons. The van der Waals surface area contributed by atoms with Gasteiger partial charge in [-0.15, -0.1) is 0 Å². The first-order chi connectivity index (χ1) is 12.4. The fraction of sp³-hybridized carbons (Fsp3) is 0.0588. The third-order valence-electron chi connectivity index (χ3n) is 3.17. The Labute approximate surface area is 159 Å². The highest BCUT2D eigenvalue weighted by Gasteiger charge is 2.15. The van der Waals surface area contributed by atoms with E-state index in [1.807, 2.05) is 0 Å². The molecule has 2 aromatic carbocycles. The van der Waals surface area contributed by atoms with Crippen molar-refractivity contribution in [2.45, 2.75) is 0 Å². The monoisotopic (exact) mass is 391 g/mol. The Morgan fingerprint density at radius 1 is 1.27 bits per heavy atom. The Bertz CT molecular complexity index is 869. The van der Waals surface area contributed by atoms with Crippen LogP contribution in [-0.2, 0) is 4.79 Å². The Hall–Kier alpha value is -2.97. The standard InChI is InChI=1S/C17H14ClN3O4S/c1-25-15-8-7-13(10-14(15)21(23)24)19-17(26)20-16(22)9-4-11-2-5-12(18)6-3-11/h2-10H,1H3,(H2,19,20,22,26)/b9-4+. The number of hydrogen-bond donors (Lipinski definition) is 2. The largest absolute Gasteiger partial charge is 0.490 e. The van der Waals surface area contributed by atoms with E-state index in [4.69, 9.17) is 28.6 Å². The third-order valence-corrected chi connectivity index (χ3v) is 3.62. The van der Waals surface area contributed by atoms with Crippen molar-refractivity contribution in [2.24, 2.45) is 0 Å². The summed E-state index contributed by atoms with van der Waals surface area (Å²) in [6, 6.07) is 11.2. The maximum Gasteiger partial charge on any atom is 0.312 e. The van der Waals surface area contributed by atoms with Crippen molar-refractivity contribution in [3.05, 3.63) is 69.2 Å². The SMILES string of the molecule is COc1ccc(NC(=S)NC(=O)/C=C/c2ccc(Cl)cc2)cc1[N+](=O)[O-]. The summed E-state index contributed by atoms with van der Waals surface area (Å²) in [5, 5.41) is 16.8. The topological polar surface area (TPSA) is 93.5 Å². The molecule has 0 aromatic heterocycles. The summed E-state index contributed by atoms with van der Waals surface area (Å²) >= 11 is 10.8. The molecule has 9 heteroatoms. The second-order valence-electron chi connectivity index (χ2n) is 4.97. The molecule has 0 aliphatic carbocycles. The first-order valence-electron chi connectivity index (χ1n) is 7.27. The van der Waals surface area contributed by atoms with E-state index in [0.717, 1.165) is 5.56 Å². The third kappa shape index (κ3) is 5.54. The number of rotatable bonds is 5. The molecule has 0 atom stereocenters. The molecule has 7 nitrogen and oxygen atoms in total. The number of benzene rings is 2. The summed E-state index contributed by atoms with van der Waals surface area (Å²) in [4.78, 5) is 22.3. The molecule has 0 heterocycles. The lowest BCUT2D eigenvalue weighted by Crippen LogP contribution is -2.32. The average molecular weight is 392 g/mol. The number of nitrogens with one attached hydrogen (secondary N) is 2. The molecule has 0 unspecified atom stereocenters. The van der Waals surface area contributed by atoms with Crippen LogP contribution in [0.15, 0.2) is 48.5 Å². The average Bonchev–Trinajstić information content (AvgIpc) is 2.61. The summed E-state index contributed by atoms with van der Waals surface area (Å²) in [6.07, 6.45) is 2.92. The van der Waals surface area contributed by atoms with Crippen LogP contribution in [0.5, 0.6) is 5.75 Å². The number of ether oxygens (including phenoxy) is 1. The summed E-state index contributed by atoms with van der Waals surface area (Å²) in [5.41, 5.74) is 0.938. The van der Waals surface area contributed by atoms with Gasteiger partial charge >= 0.3 is 5.69 Å². The number of nitrogens with zero attached hydrogens (tertiary/aromatic N) is 1. The molecular weight excluding hydrogens is 378 g/mol. The van der Waals surface area contributed by atoms with Crippen LogP contribution in [0.3, 0.4) is 0 Å². The van der Waals surface area contributed by atoms with E-state index in [9.17, 15) is 14.9 Å². The number of carbonyl (C=O) groups excluding carboxylic acids is 1. The lowest BCUT2D eigenvalue weighted by Gasteiger charge is -2.09. The number of halogens is 1. The molecular formula is C17H14ClN3O4S. The molecule has 0 aliphatic rings. The Morgan fingerprint density at radius 3 is 2.58 bits per heavy atom. The normalized spacial score (nSPS) is 10.4. The van der Waals surface area contributed by atoms with Crippen molar-refractivity contribution < 1.29 is 14.5 Å². The minimum Gasteiger partial charge on any atom is -0.490 e. The maximum absolute atomic E-state index is 11.9. The zero-order valence-corrected chi connectivity index (χ0v) is 15.1. The second kappa shape index (κ2) is 8.93. The minimum absolute atomic E-state index is 0.00946. The zero-order chi connectivity index (χ0) is 19.1. The number of anilines is 1. The van der Waals surface area contributed by atoms with Crippen molar-refractivity contribution in [3.8, 4) is 5.75 Å². The van der Waals surface area contributed by atoms with Crippen LogP contribution >= 0.6 is 23.8 Å². The van der Waals surface area contributed by atoms with Gasteiger partial charge in [0.2, 0.25) is 5.91 Å². The van der Waals surface area contributed by atoms with Gasteiger partial charge in [-0.2, -0.15) is 0 Å². The number of amides is 1. The molecule has 2 rings (SSSR count). The Kier molecular flexibility index (Phi) is 6.65. The van der Waals surface area contributed by atoms with Gasteiger partial charge in [-0.05, 0) is 48.1 Å². The Morgan fingerprint density at radius 2 is 1.96 bits per heavy atom. The molecule has 26 heavy (non-hydrogen) atoms. The molecule has 0 aliphatic heterocycles. The highest BCUT2D eigenvalue weighted by Crippen LogP contribution is 2.29. The lowest BCUT2D eigenvalue weighted by atomic mass is 10.2. The van der Waals surface area contributed by atoms with Gasteiger partial charge in [0.25, 0.3) is 0 Å². The van der Waals surface area contributed by atoms with Gasteiger partial charge in [0.1, 0.15) is 0 Å². The van der Waals surface area contributed by atoms with Crippen LogP contribution in [0.25, 0.3) is 6.08 Å². The van der Waals surface area contributed by atoms with Gasteiger partial charge in [-0.1, -0.05) is 23.7 Å². The van der Waals surface area contributed by atoms with E-state index in [1.54, 1.807) is 36.4 Å². The van der Waals surface area contributed by atoms with Gasteiger partial charge in [-0.3, -0.25) is 20.2 Å². The van der Waals surface area contributed by atoms with Crippen molar-refractivity contribution >= 4 is 52.3 Å². The predicted octanol–water partition coefficient (Wildman–Crippen LogP) is 3.78. The summed E-state index contributed by atoms with van der Waals surface area (Å²) in [6.45, 7) is 0. The second-order valence-corrected chi connectivity index (χ2v) is 5.82. The van der Waals surface area contributed by atoms with Gasteiger partial charge in [0, 0.05) is 22.9 Å². The van der Waals surface area contributed by atoms with E-state index in [1.165, 1.54) is 25.3 Å². The van der Waals surface area contributed by atoms with E-state index >= 15 is 0 Å². The van der Waals surface area contributed by atoms with Crippen LogP contribution < -0.4 is 15.4 Å². The van der Waals surface area contributed by atoms with Crippen molar-refractivity contribution in [1.29, 1.82) is 0 Å². The van der Waals surface area contributed by atoms with E-state index in [0.29, 0.717) is 10.7 Å². The molecule has 1 amide bonds. The first kappa shape index (κ1) is 19.4. The smallest absolute Gasteiger partial charge is 0.312 e. The van der Waals surface area contributed by atoms with Gasteiger partial charge in [0.05, 0.1) is 12.0 Å². The van der Waals surface area contributed by atoms with Crippen molar-refractivity contribution in [2.75, 3.05) is 12.4 Å². The number of thiocarbonyl (C=S) groups is 1. The molecule has 0 spiro atoms. The van der Waals surface area contributed by atoms with Gasteiger partial charge in [-0.25, -0.2) is 0 Å². The Balaban J connectivity index is 1.97. The summed E-state index contributed by atoms with van der Waals surface area (Å²) in [7, 11) is 1.34. The van der Waals surface area contributed by atoms with Crippen LogP contribution in [0.1, 0.15) is 5.56 Å². The van der Waals surface area contributed by atoms with Gasteiger partial charge < -0.3 is 10.1 Å². The van der Waals surface area contributed by atoms with Crippen molar-refractivity contribution in [3.63, 3.8) is 0 Å². The maximum atomic E-state index is 11.9. The summed E-state index contributed by atoms with van der Waals surface area (Å²) < 4.78 is 4.92. The number of hydrogen-bond acceptors (Lipinski definition) is 5. The van der Waals surface area contributed by atoms with E-state index < -0.39 is 10.8 Å². The minimum atomic E-state index is -0.569. The number of carbonyl (C=O) groups is 1. The molecule has 2 N–H and O–H groups in total. The molecule has 0 radical (unpaired) electrons. The fourth-order valence-corrected chi connectivity index (χ4v) is 2.32. The molecule has 0 fully saturated rings. The van der Waals surface area contributed by atoms with Crippen LogP contribution in [0, 0.1) is 10.1 Å². The molecule has 2 aromatic rings. The van der Waals surface area contributed by atoms with Gasteiger partial charge in [0.15, 0.2) is 10.9 Å². The number of methoxy groups -OCH3 is 1. The molecule has 0 bridgehead atoms. The highest BCUT2D eigenvalue weighted by molar-refractivity contribution is 7.80. The number of nitro benzene ring substituents is 1.